The second kappa shape index (κ2) is 12.0. The van der Waals surface area contributed by atoms with E-state index in [9.17, 15) is 9.59 Å². The maximum absolute atomic E-state index is 15.3. The zero-order valence-electron chi connectivity index (χ0n) is 25.1. The number of ether oxygens (including phenoxy) is 2. The summed E-state index contributed by atoms with van der Waals surface area (Å²) in [6.45, 7) is 1.53. The van der Waals surface area contributed by atoms with Gasteiger partial charge in [0.15, 0.2) is 5.78 Å². The first kappa shape index (κ1) is 29.2. The molecule has 2 saturated heterocycles. The number of rotatable bonds is 10. The molecule has 0 N–H and O–H groups in total. The highest BCUT2D eigenvalue weighted by atomic mass is 16.5. The van der Waals surface area contributed by atoms with Gasteiger partial charge >= 0.3 is 0 Å². The third kappa shape index (κ3) is 4.92. The number of hydrogen-bond donors (Lipinski definition) is 0. The SMILES string of the molecule is COc1ccc(CN2CC[C@](C(=O)[C@@]3(c4ccccc4)CCN(Cc4ccc(OC)cc4)C3=O)(c3ccccc3)C2=O)cc1. The number of benzene rings is 4. The Balaban J connectivity index is 1.40. The summed E-state index contributed by atoms with van der Waals surface area (Å²) in [6.07, 6.45) is 0.594. The van der Waals surface area contributed by atoms with E-state index in [2.05, 4.69) is 0 Å². The molecule has 2 fully saturated rings. The van der Waals surface area contributed by atoms with Crippen LogP contribution in [-0.4, -0.2) is 54.7 Å². The van der Waals surface area contributed by atoms with Gasteiger partial charge in [-0.2, -0.15) is 0 Å². The van der Waals surface area contributed by atoms with Crippen molar-refractivity contribution in [2.45, 2.75) is 36.8 Å². The maximum Gasteiger partial charge on any atom is 0.241 e. The van der Waals surface area contributed by atoms with Crippen LogP contribution in [-0.2, 0) is 38.3 Å². The molecule has 0 unspecified atom stereocenters. The quantitative estimate of drug-likeness (QED) is 0.235. The van der Waals surface area contributed by atoms with Crippen molar-refractivity contribution in [3.63, 3.8) is 0 Å². The Labute approximate surface area is 258 Å². The van der Waals surface area contributed by atoms with Gasteiger partial charge < -0.3 is 19.3 Å². The van der Waals surface area contributed by atoms with Crippen LogP contribution in [0.2, 0.25) is 0 Å². The van der Waals surface area contributed by atoms with E-state index in [0.29, 0.717) is 50.1 Å². The van der Waals surface area contributed by atoms with Gasteiger partial charge in [0.1, 0.15) is 22.3 Å². The van der Waals surface area contributed by atoms with Crippen molar-refractivity contribution in [2.75, 3.05) is 27.3 Å². The summed E-state index contributed by atoms with van der Waals surface area (Å²) in [6, 6.07) is 33.7. The lowest BCUT2D eigenvalue weighted by Gasteiger charge is -2.36. The van der Waals surface area contributed by atoms with E-state index in [4.69, 9.17) is 9.47 Å². The zero-order chi connectivity index (χ0) is 30.7. The van der Waals surface area contributed by atoms with E-state index in [1.54, 1.807) is 24.0 Å². The van der Waals surface area contributed by atoms with Crippen molar-refractivity contribution in [1.82, 2.24) is 9.80 Å². The summed E-state index contributed by atoms with van der Waals surface area (Å²) >= 11 is 0. The lowest BCUT2D eigenvalue weighted by atomic mass is 9.62. The molecule has 0 spiro atoms. The highest BCUT2D eigenvalue weighted by Crippen LogP contribution is 2.48. The fourth-order valence-electron chi connectivity index (χ4n) is 6.80. The van der Waals surface area contributed by atoms with E-state index < -0.39 is 10.8 Å². The first-order chi connectivity index (χ1) is 21.4. The fourth-order valence-corrected chi connectivity index (χ4v) is 6.80. The Morgan fingerprint density at radius 3 is 1.30 bits per heavy atom. The van der Waals surface area contributed by atoms with Crippen molar-refractivity contribution in [3.8, 4) is 11.5 Å². The summed E-state index contributed by atoms with van der Waals surface area (Å²) in [5.74, 6) is 0.604. The predicted octanol–water partition coefficient (Wildman–Crippen LogP) is 5.31. The number of methoxy groups -OCH3 is 2. The average molecular weight is 589 g/mol. The molecule has 2 atom stereocenters. The first-order valence-corrected chi connectivity index (χ1v) is 14.9. The van der Waals surface area contributed by atoms with Crippen molar-refractivity contribution in [3.05, 3.63) is 131 Å². The Morgan fingerprint density at radius 2 is 0.955 bits per heavy atom. The maximum atomic E-state index is 15.3. The molecule has 0 radical (unpaired) electrons. The minimum Gasteiger partial charge on any atom is -0.497 e. The third-order valence-corrected chi connectivity index (χ3v) is 9.19. The van der Waals surface area contributed by atoms with Crippen LogP contribution < -0.4 is 9.47 Å². The van der Waals surface area contributed by atoms with Crippen molar-refractivity contribution < 1.29 is 23.9 Å². The molecule has 2 heterocycles. The topological polar surface area (TPSA) is 76.2 Å². The van der Waals surface area contributed by atoms with E-state index in [0.717, 1.165) is 22.6 Å². The number of carbonyl (C=O) groups is 3. The van der Waals surface area contributed by atoms with Gasteiger partial charge in [-0.15, -0.1) is 0 Å². The van der Waals surface area contributed by atoms with Gasteiger partial charge in [-0.3, -0.25) is 14.4 Å². The van der Waals surface area contributed by atoms with Crippen molar-refractivity contribution in [2.24, 2.45) is 0 Å². The van der Waals surface area contributed by atoms with Gasteiger partial charge in [-0.25, -0.2) is 0 Å². The van der Waals surface area contributed by atoms with Crippen LogP contribution in [0, 0.1) is 0 Å². The second-order valence-electron chi connectivity index (χ2n) is 11.5. The van der Waals surface area contributed by atoms with Gasteiger partial charge in [-0.05, 0) is 59.4 Å². The number of likely N-dealkylation sites (tertiary alicyclic amines) is 2. The van der Waals surface area contributed by atoms with E-state index in [1.165, 1.54) is 0 Å². The van der Waals surface area contributed by atoms with Crippen LogP contribution in [0.1, 0.15) is 35.1 Å². The Hall–Kier alpha value is -4.91. The molecule has 0 aromatic heterocycles. The number of ketones is 1. The molecule has 0 bridgehead atoms. The largest absolute Gasteiger partial charge is 0.497 e. The van der Waals surface area contributed by atoms with Crippen LogP contribution in [0.25, 0.3) is 0 Å². The summed E-state index contributed by atoms with van der Waals surface area (Å²) in [5, 5.41) is 0. The molecule has 7 nitrogen and oxygen atoms in total. The summed E-state index contributed by atoms with van der Waals surface area (Å²) < 4.78 is 10.6. The molecule has 4 aromatic carbocycles. The van der Waals surface area contributed by atoms with Gasteiger partial charge in [-0.1, -0.05) is 84.9 Å². The second-order valence-corrected chi connectivity index (χ2v) is 11.5. The van der Waals surface area contributed by atoms with E-state index >= 15 is 4.79 Å². The minimum absolute atomic E-state index is 0.263. The molecule has 0 saturated carbocycles. The summed E-state index contributed by atoms with van der Waals surface area (Å²) in [5.41, 5.74) is 0.157. The smallest absolute Gasteiger partial charge is 0.241 e. The van der Waals surface area contributed by atoms with Crippen molar-refractivity contribution in [1.29, 1.82) is 0 Å². The molecular weight excluding hydrogens is 552 g/mol. The molecule has 6 rings (SSSR count). The summed E-state index contributed by atoms with van der Waals surface area (Å²) in [4.78, 5) is 48.1. The summed E-state index contributed by atoms with van der Waals surface area (Å²) in [7, 11) is 3.23. The van der Waals surface area contributed by atoms with Crippen LogP contribution in [0.5, 0.6) is 11.5 Å². The van der Waals surface area contributed by atoms with Gasteiger partial charge in [0.05, 0.1) is 14.2 Å². The molecule has 2 amide bonds. The van der Waals surface area contributed by atoms with E-state index in [1.807, 2.05) is 109 Å². The molecule has 44 heavy (non-hydrogen) atoms. The third-order valence-electron chi connectivity index (χ3n) is 9.19. The molecule has 2 aliphatic rings. The average Bonchev–Trinajstić information content (AvgIpc) is 3.59. The number of carbonyl (C=O) groups excluding carboxylic acids is 3. The van der Waals surface area contributed by atoms with E-state index in [-0.39, 0.29) is 17.6 Å². The number of nitrogens with zero attached hydrogens (tertiary/aromatic N) is 2. The van der Waals surface area contributed by atoms with Crippen LogP contribution in [0.15, 0.2) is 109 Å². The Bertz CT molecular complexity index is 1520. The number of Topliss-reactive ketones (excluding diaryl/α,β-unsaturated/α-hetero) is 1. The standard InChI is InChI=1S/C37H36N2O5/c1-43-31-17-13-27(14-18-31)25-38-23-21-36(34(38)41,29-9-5-3-6-10-29)33(40)37(30-11-7-4-8-12-30)22-24-39(35(37)42)26-28-15-19-32(44-2)20-16-28/h3-20H,21-26H2,1-2H3/t36-,37+. The monoisotopic (exact) mass is 588 g/mol. The Kier molecular flexibility index (Phi) is 7.95. The predicted molar refractivity (Wildman–Crippen MR) is 167 cm³/mol. The Morgan fingerprint density at radius 1 is 0.591 bits per heavy atom. The van der Waals surface area contributed by atoms with Gasteiger partial charge in [0.2, 0.25) is 11.8 Å². The minimum atomic E-state index is -1.49. The van der Waals surface area contributed by atoms with Gasteiger partial charge in [0.25, 0.3) is 0 Å². The molecule has 4 aromatic rings. The molecule has 2 aliphatic heterocycles. The highest BCUT2D eigenvalue weighted by molar-refractivity contribution is 6.25. The number of amides is 2. The van der Waals surface area contributed by atoms with Crippen LogP contribution in [0.4, 0.5) is 0 Å². The van der Waals surface area contributed by atoms with Crippen molar-refractivity contribution >= 4 is 17.6 Å². The molecule has 0 aliphatic carbocycles. The van der Waals surface area contributed by atoms with Crippen LogP contribution in [0.3, 0.4) is 0 Å². The normalized spacial score (nSPS) is 21.5. The lowest BCUT2D eigenvalue weighted by molar-refractivity contribution is -0.146. The fraction of sp³-hybridized carbons (Fsp3) is 0.270. The zero-order valence-corrected chi connectivity index (χ0v) is 25.1. The van der Waals surface area contributed by atoms with Gasteiger partial charge in [0, 0.05) is 26.2 Å². The lowest BCUT2D eigenvalue weighted by Crippen LogP contribution is -2.56. The molecular formula is C37H36N2O5. The highest BCUT2D eigenvalue weighted by Gasteiger charge is 2.64. The molecule has 7 heteroatoms. The van der Waals surface area contributed by atoms with Crippen LogP contribution >= 0.6 is 0 Å². The number of hydrogen-bond acceptors (Lipinski definition) is 5. The molecule has 224 valence electrons. The first-order valence-electron chi connectivity index (χ1n) is 14.9.